The van der Waals surface area contributed by atoms with Crippen LogP contribution in [0.5, 0.6) is 0 Å². The first-order chi connectivity index (χ1) is 6.66. The number of amides is 1. The van der Waals surface area contributed by atoms with Gasteiger partial charge in [-0.3, -0.25) is 9.78 Å². The Morgan fingerprint density at radius 2 is 2.43 bits per heavy atom. The molecule has 0 unspecified atom stereocenters. The fourth-order valence-corrected chi connectivity index (χ4v) is 1.85. The molecule has 0 radical (unpaired) electrons. The van der Waals surface area contributed by atoms with Crippen molar-refractivity contribution in [1.82, 2.24) is 9.88 Å². The molecule has 2 heterocycles. The van der Waals surface area contributed by atoms with E-state index in [1.54, 1.807) is 18.0 Å². The van der Waals surface area contributed by atoms with Gasteiger partial charge in [-0.25, -0.2) is 0 Å². The summed E-state index contributed by atoms with van der Waals surface area (Å²) < 4.78 is 0. The van der Waals surface area contributed by atoms with Gasteiger partial charge in [0.1, 0.15) is 0 Å². The second-order valence-corrected chi connectivity index (χ2v) is 3.89. The van der Waals surface area contributed by atoms with Crippen LogP contribution < -0.4 is 0 Å². The Morgan fingerprint density at radius 1 is 1.64 bits per heavy atom. The van der Waals surface area contributed by atoms with Crippen molar-refractivity contribution < 1.29 is 4.79 Å². The second kappa shape index (κ2) is 3.58. The lowest BCUT2D eigenvalue weighted by atomic mass is 10.1. The Hall–Kier alpha value is -1.09. The molecule has 3 nitrogen and oxygen atoms in total. The maximum atomic E-state index is 11.2. The van der Waals surface area contributed by atoms with Crippen LogP contribution in [0.2, 0.25) is 5.02 Å². The van der Waals surface area contributed by atoms with E-state index in [0.29, 0.717) is 11.6 Å². The highest BCUT2D eigenvalue weighted by Crippen LogP contribution is 2.20. The van der Waals surface area contributed by atoms with Crippen LogP contribution in [-0.2, 0) is 17.8 Å². The maximum absolute atomic E-state index is 11.2. The molecule has 0 saturated carbocycles. The molecule has 1 aliphatic heterocycles. The molecule has 0 saturated heterocycles. The van der Waals surface area contributed by atoms with E-state index < -0.39 is 0 Å². The molecule has 0 atom stereocenters. The highest BCUT2D eigenvalue weighted by molar-refractivity contribution is 6.30. The number of hydrogen-bond acceptors (Lipinski definition) is 2. The molecule has 1 aliphatic rings. The van der Waals surface area contributed by atoms with E-state index in [9.17, 15) is 4.79 Å². The van der Waals surface area contributed by atoms with Crippen LogP contribution in [0, 0.1) is 0 Å². The van der Waals surface area contributed by atoms with E-state index in [4.69, 9.17) is 11.6 Å². The molecule has 0 aromatic carbocycles. The topological polar surface area (TPSA) is 33.2 Å². The van der Waals surface area contributed by atoms with Gasteiger partial charge in [-0.05, 0) is 11.6 Å². The summed E-state index contributed by atoms with van der Waals surface area (Å²) in [5, 5.41) is 0.633. The van der Waals surface area contributed by atoms with Gasteiger partial charge < -0.3 is 4.90 Å². The van der Waals surface area contributed by atoms with Gasteiger partial charge in [-0.1, -0.05) is 11.6 Å². The third-order valence-corrected chi connectivity index (χ3v) is 2.66. The van der Waals surface area contributed by atoms with E-state index in [0.717, 1.165) is 24.2 Å². The van der Waals surface area contributed by atoms with Crippen molar-refractivity contribution in [1.29, 1.82) is 0 Å². The minimum absolute atomic E-state index is 0.107. The lowest BCUT2D eigenvalue weighted by Crippen LogP contribution is -2.34. The molecule has 1 aromatic rings. The number of pyridine rings is 1. The van der Waals surface area contributed by atoms with Crippen molar-refractivity contribution in [3.8, 4) is 0 Å². The van der Waals surface area contributed by atoms with Crippen LogP contribution in [0.3, 0.4) is 0 Å². The number of fused-ring (bicyclic) bond motifs is 1. The minimum Gasteiger partial charge on any atom is -0.338 e. The molecule has 0 fully saturated rings. The number of carbonyl (C=O) groups is 1. The molecule has 1 aromatic heterocycles. The largest absolute Gasteiger partial charge is 0.338 e. The summed E-state index contributed by atoms with van der Waals surface area (Å²) in [6.07, 6.45) is 2.48. The van der Waals surface area contributed by atoms with E-state index in [1.165, 1.54) is 0 Å². The average Bonchev–Trinajstić information content (AvgIpc) is 2.16. The number of rotatable bonds is 0. The van der Waals surface area contributed by atoms with Gasteiger partial charge in [0.25, 0.3) is 0 Å². The van der Waals surface area contributed by atoms with Crippen molar-refractivity contribution >= 4 is 17.5 Å². The molecular formula is C10H11ClN2O. The Balaban J connectivity index is 2.29. The van der Waals surface area contributed by atoms with Crippen molar-refractivity contribution in [2.45, 2.75) is 19.9 Å². The minimum atomic E-state index is 0.107. The average molecular weight is 211 g/mol. The van der Waals surface area contributed by atoms with Crippen LogP contribution in [0.25, 0.3) is 0 Å². The number of halogens is 1. The standard InChI is InChI=1S/C10H11ClN2O/c1-7(14)13-3-2-10-8(6-13)4-9(11)5-12-10/h4-5H,2-3,6H2,1H3. The van der Waals surface area contributed by atoms with Gasteiger partial charge in [0.05, 0.1) is 5.02 Å². The normalized spacial score (nSPS) is 15.1. The molecular weight excluding hydrogens is 200 g/mol. The first-order valence-corrected chi connectivity index (χ1v) is 4.93. The van der Waals surface area contributed by atoms with Gasteiger partial charge in [0, 0.05) is 38.3 Å². The van der Waals surface area contributed by atoms with Crippen LogP contribution in [0.4, 0.5) is 0 Å². The zero-order chi connectivity index (χ0) is 10.1. The van der Waals surface area contributed by atoms with E-state index >= 15 is 0 Å². The Morgan fingerprint density at radius 3 is 3.14 bits per heavy atom. The summed E-state index contributed by atoms with van der Waals surface area (Å²) in [6.45, 7) is 2.98. The highest BCUT2D eigenvalue weighted by atomic mass is 35.5. The van der Waals surface area contributed by atoms with E-state index in [-0.39, 0.29) is 5.91 Å². The van der Waals surface area contributed by atoms with Gasteiger partial charge >= 0.3 is 0 Å². The Bertz CT molecular complexity index is 378. The van der Waals surface area contributed by atoms with Gasteiger partial charge in [-0.15, -0.1) is 0 Å². The van der Waals surface area contributed by atoms with Crippen molar-refractivity contribution in [2.75, 3.05) is 6.54 Å². The SMILES string of the molecule is CC(=O)N1CCc2ncc(Cl)cc2C1. The Kier molecular flexibility index (Phi) is 2.42. The molecule has 2 rings (SSSR count). The summed E-state index contributed by atoms with van der Waals surface area (Å²) in [5.41, 5.74) is 2.13. The molecule has 14 heavy (non-hydrogen) atoms. The Labute approximate surface area is 87.7 Å². The first kappa shape index (κ1) is 9.46. The molecule has 0 N–H and O–H groups in total. The number of nitrogens with zero attached hydrogens (tertiary/aromatic N) is 2. The van der Waals surface area contributed by atoms with Crippen LogP contribution in [0.15, 0.2) is 12.3 Å². The summed E-state index contributed by atoms with van der Waals surface area (Å²) in [6, 6.07) is 1.89. The highest BCUT2D eigenvalue weighted by Gasteiger charge is 2.18. The molecule has 4 heteroatoms. The van der Waals surface area contributed by atoms with Crippen LogP contribution >= 0.6 is 11.6 Å². The van der Waals surface area contributed by atoms with Crippen molar-refractivity contribution in [3.63, 3.8) is 0 Å². The van der Waals surface area contributed by atoms with Crippen molar-refractivity contribution in [3.05, 3.63) is 28.5 Å². The molecule has 1 amide bonds. The van der Waals surface area contributed by atoms with Gasteiger partial charge in [-0.2, -0.15) is 0 Å². The second-order valence-electron chi connectivity index (χ2n) is 3.45. The molecule has 0 spiro atoms. The number of carbonyl (C=O) groups excluding carboxylic acids is 1. The smallest absolute Gasteiger partial charge is 0.219 e. The number of hydrogen-bond donors (Lipinski definition) is 0. The predicted molar refractivity (Wildman–Crippen MR) is 54.0 cm³/mol. The lowest BCUT2D eigenvalue weighted by molar-refractivity contribution is -0.129. The third kappa shape index (κ3) is 1.73. The number of aromatic nitrogens is 1. The summed E-state index contributed by atoms with van der Waals surface area (Å²) in [7, 11) is 0. The first-order valence-electron chi connectivity index (χ1n) is 4.55. The van der Waals surface area contributed by atoms with Crippen molar-refractivity contribution in [2.24, 2.45) is 0 Å². The van der Waals surface area contributed by atoms with Crippen LogP contribution in [0.1, 0.15) is 18.2 Å². The van der Waals surface area contributed by atoms with E-state index in [2.05, 4.69) is 4.98 Å². The molecule has 74 valence electrons. The summed E-state index contributed by atoms with van der Waals surface area (Å²) in [4.78, 5) is 17.2. The lowest BCUT2D eigenvalue weighted by Gasteiger charge is -2.27. The van der Waals surface area contributed by atoms with Gasteiger partial charge in [0.15, 0.2) is 0 Å². The quantitative estimate of drug-likeness (QED) is 0.652. The fourth-order valence-electron chi connectivity index (χ4n) is 1.67. The molecule has 0 bridgehead atoms. The fraction of sp³-hybridized carbons (Fsp3) is 0.400. The summed E-state index contributed by atoms with van der Waals surface area (Å²) >= 11 is 5.84. The molecule has 0 aliphatic carbocycles. The van der Waals surface area contributed by atoms with E-state index in [1.807, 2.05) is 6.07 Å². The maximum Gasteiger partial charge on any atom is 0.219 e. The van der Waals surface area contributed by atoms with Crippen LogP contribution in [-0.4, -0.2) is 22.3 Å². The third-order valence-electron chi connectivity index (χ3n) is 2.45. The monoisotopic (exact) mass is 210 g/mol. The zero-order valence-corrected chi connectivity index (χ0v) is 8.71. The summed E-state index contributed by atoms with van der Waals surface area (Å²) in [5.74, 6) is 0.107. The zero-order valence-electron chi connectivity index (χ0n) is 7.96. The predicted octanol–water partition coefficient (Wildman–Crippen LogP) is 1.64. The van der Waals surface area contributed by atoms with Gasteiger partial charge in [0.2, 0.25) is 5.91 Å².